The van der Waals surface area contributed by atoms with Gasteiger partial charge in [-0.2, -0.15) is 0 Å². The van der Waals surface area contributed by atoms with Crippen LogP contribution in [0, 0.1) is 5.82 Å². The number of halogens is 1. The molecule has 8 heteroatoms. The maximum atomic E-state index is 13.9. The number of aryl methyl sites for hydroxylation is 1. The van der Waals surface area contributed by atoms with Crippen molar-refractivity contribution < 1.29 is 17.6 Å². The molecule has 0 aliphatic carbocycles. The summed E-state index contributed by atoms with van der Waals surface area (Å²) in [5.74, 6) is -0.925. The van der Waals surface area contributed by atoms with E-state index in [2.05, 4.69) is 27.1 Å². The maximum Gasteiger partial charge on any atom is 0.243 e. The molecule has 2 aromatic carbocycles. The van der Waals surface area contributed by atoms with E-state index < -0.39 is 20.7 Å². The summed E-state index contributed by atoms with van der Waals surface area (Å²) in [6, 6.07) is 14.2. The average Bonchev–Trinajstić information content (AvgIpc) is 3.28. The number of carbonyl (C=O) groups excluding carboxylic acids is 1. The first-order chi connectivity index (χ1) is 14.4. The van der Waals surface area contributed by atoms with E-state index >= 15 is 0 Å². The molecule has 0 spiro atoms. The minimum Gasteiger partial charge on any atom is -0.354 e. The summed E-state index contributed by atoms with van der Waals surface area (Å²) >= 11 is 0. The van der Waals surface area contributed by atoms with Crippen molar-refractivity contribution >= 4 is 15.9 Å². The summed E-state index contributed by atoms with van der Waals surface area (Å²) in [4.78, 5) is 14.4. The molecular weight excluding hydrogens is 405 g/mol. The zero-order chi connectivity index (χ0) is 21.6. The smallest absolute Gasteiger partial charge is 0.243 e. The van der Waals surface area contributed by atoms with E-state index in [1.165, 1.54) is 37.6 Å². The van der Waals surface area contributed by atoms with Gasteiger partial charge in [0, 0.05) is 13.0 Å². The molecule has 162 valence electrons. The van der Waals surface area contributed by atoms with Gasteiger partial charge in [0.25, 0.3) is 0 Å². The molecule has 0 aromatic heterocycles. The Morgan fingerprint density at radius 1 is 1.13 bits per heavy atom. The fourth-order valence-corrected chi connectivity index (χ4v) is 4.61. The van der Waals surface area contributed by atoms with Crippen LogP contribution in [-0.4, -0.2) is 45.9 Å². The third kappa shape index (κ3) is 5.65. The molecule has 2 aromatic rings. The second-order valence-corrected chi connectivity index (χ2v) is 9.30. The van der Waals surface area contributed by atoms with E-state index in [0.717, 1.165) is 19.2 Å². The van der Waals surface area contributed by atoms with Crippen molar-refractivity contribution in [1.82, 2.24) is 14.9 Å². The molecular formula is C22H28FN3O3S. The van der Waals surface area contributed by atoms with Crippen LogP contribution in [0.1, 0.15) is 36.4 Å². The lowest BCUT2D eigenvalue weighted by molar-refractivity contribution is -0.121. The van der Waals surface area contributed by atoms with Crippen molar-refractivity contribution in [2.24, 2.45) is 0 Å². The number of rotatable bonds is 9. The van der Waals surface area contributed by atoms with Gasteiger partial charge in [0.2, 0.25) is 15.9 Å². The van der Waals surface area contributed by atoms with Crippen LogP contribution in [0.3, 0.4) is 0 Å². The van der Waals surface area contributed by atoms with Crippen LogP contribution in [0.4, 0.5) is 4.39 Å². The summed E-state index contributed by atoms with van der Waals surface area (Å²) in [6.45, 7) is 2.56. The normalized spacial score (nSPS) is 15.8. The molecule has 6 nitrogen and oxygen atoms in total. The maximum absolute atomic E-state index is 13.9. The Bertz CT molecular complexity index is 961. The predicted molar refractivity (Wildman–Crippen MR) is 114 cm³/mol. The monoisotopic (exact) mass is 433 g/mol. The van der Waals surface area contributed by atoms with Gasteiger partial charge >= 0.3 is 0 Å². The van der Waals surface area contributed by atoms with Gasteiger partial charge in [0.05, 0.1) is 6.04 Å². The Kier molecular flexibility index (Phi) is 7.58. The Balaban J connectivity index is 1.59. The van der Waals surface area contributed by atoms with Crippen LogP contribution in [0.15, 0.2) is 53.4 Å². The molecule has 0 radical (unpaired) electrons. The molecule has 1 aliphatic heterocycles. The second-order valence-electron chi connectivity index (χ2n) is 7.45. The molecule has 1 heterocycles. The zero-order valence-corrected chi connectivity index (χ0v) is 17.9. The second kappa shape index (κ2) is 10.1. The molecule has 3 rings (SSSR count). The number of benzene rings is 2. The van der Waals surface area contributed by atoms with Crippen LogP contribution in [0.5, 0.6) is 0 Å². The lowest BCUT2D eigenvalue weighted by Crippen LogP contribution is -2.36. The Labute approximate surface area is 177 Å². The minimum absolute atomic E-state index is 0.113. The summed E-state index contributed by atoms with van der Waals surface area (Å²) in [7, 11) is -2.65. The molecule has 1 aliphatic rings. The van der Waals surface area contributed by atoms with E-state index in [9.17, 15) is 17.6 Å². The van der Waals surface area contributed by atoms with Gasteiger partial charge in [-0.15, -0.1) is 0 Å². The Morgan fingerprint density at radius 2 is 1.83 bits per heavy atom. The standard InChI is InChI=1S/C22H28FN3O3S/c1-24-30(28,29)21-15-17(9-11-19(21)23)10-12-22(27)25-16-20(26-13-5-6-14-26)18-7-3-2-4-8-18/h2-4,7-9,11,15,20,24H,5-6,10,12-14,16H2,1H3,(H,25,27). The van der Waals surface area contributed by atoms with Crippen molar-refractivity contribution in [3.63, 3.8) is 0 Å². The fourth-order valence-electron chi connectivity index (χ4n) is 3.76. The highest BCUT2D eigenvalue weighted by Gasteiger charge is 2.24. The van der Waals surface area contributed by atoms with Gasteiger partial charge in [-0.05, 0) is 62.7 Å². The van der Waals surface area contributed by atoms with Gasteiger partial charge in [-0.1, -0.05) is 36.4 Å². The number of nitrogens with zero attached hydrogens (tertiary/aromatic N) is 1. The van der Waals surface area contributed by atoms with Gasteiger partial charge in [0.1, 0.15) is 10.7 Å². The van der Waals surface area contributed by atoms with E-state index in [4.69, 9.17) is 0 Å². The number of hydrogen-bond acceptors (Lipinski definition) is 4. The van der Waals surface area contributed by atoms with Crippen LogP contribution >= 0.6 is 0 Å². The van der Waals surface area contributed by atoms with Crippen LogP contribution in [0.2, 0.25) is 0 Å². The lowest BCUT2D eigenvalue weighted by Gasteiger charge is -2.28. The molecule has 1 amide bonds. The summed E-state index contributed by atoms with van der Waals surface area (Å²) < 4.78 is 39.8. The first-order valence-electron chi connectivity index (χ1n) is 10.2. The van der Waals surface area contributed by atoms with E-state index in [-0.39, 0.29) is 18.4 Å². The summed E-state index contributed by atoms with van der Waals surface area (Å²) in [5.41, 5.74) is 1.78. The predicted octanol–water partition coefficient (Wildman–Crippen LogP) is 2.62. The SMILES string of the molecule is CNS(=O)(=O)c1cc(CCC(=O)NCC(c2ccccc2)N2CCCC2)ccc1F. The van der Waals surface area contributed by atoms with Gasteiger partial charge in [-0.3, -0.25) is 9.69 Å². The van der Waals surface area contributed by atoms with Gasteiger partial charge < -0.3 is 5.32 Å². The van der Waals surface area contributed by atoms with Crippen molar-refractivity contribution in [2.75, 3.05) is 26.7 Å². The third-order valence-corrected chi connectivity index (χ3v) is 6.88. The largest absolute Gasteiger partial charge is 0.354 e. The molecule has 2 N–H and O–H groups in total. The van der Waals surface area contributed by atoms with Crippen molar-refractivity contribution in [3.8, 4) is 0 Å². The van der Waals surface area contributed by atoms with Crippen LogP contribution < -0.4 is 10.0 Å². The number of hydrogen-bond donors (Lipinski definition) is 2. The number of carbonyl (C=O) groups is 1. The van der Waals surface area contributed by atoms with Crippen LogP contribution in [0.25, 0.3) is 0 Å². The quantitative estimate of drug-likeness (QED) is 0.637. The third-order valence-electron chi connectivity index (χ3n) is 5.45. The van der Waals surface area contributed by atoms with E-state index in [0.29, 0.717) is 18.5 Å². The molecule has 1 saturated heterocycles. The molecule has 30 heavy (non-hydrogen) atoms. The highest BCUT2D eigenvalue weighted by Crippen LogP contribution is 2.24. The summed E-state index contributed by atoms with van der Waals surface area (Å²) in [5, 5.41) is 3.01. The fraction of sp³-hybridized carbons (Fsp3) is 0.409. The zero-order valence-electron chi connectivity index (χ0n) is 17.1. The van der Waals surface area contributed by atoms with Crippen molar-refractivity contribution in [3.05, 3.63) is 65.5 Å². The first-order valence-corrected chi connectivity index (χ1v) is 11.7. The lowest BCUT2D eigenvalue weighted by atomic mass is 10.1. The van der Waals surface area contributed by atoms with Gasteiger partial charge in [0.15, 0.2) is 0 Å². The van der Waals surface area contributed by atoms with Crippen LogP contribution in [-0.2, 0) is 21.2 Å². The highest BCUT2D eigenvalue weighted by atomic mass is 32.2. The highest BCUT2D eigenvalue weighted by molar-refractivity contribution is 7.89. The van der Waals surface area contributed by atoms with E-state index in [1.54, 1.807) is 0 Å². The minimum atomic E-state index is -3.88. The average molecular weight is 434 g/mol. The molecule has 1 fully saturated rings. The van der Waals surface area contributed by atoms with Crippen molar-refractivity contribution in [1.29, 1.82) is 0 Å². The molecule has 0 saturated carbocycles. The molecule has 1 unspecified atom stereocenters. The van der Waals surface area contributed by atoms with Crippen molar-refractivity contribution in [2.45, 2.75) is 36.6 Å². The molecule has 0 bridgehead atoms. The number of amides is 1. The van der Waals surface area contributed by atoms with Gasteiger partial charge in [-0.25, -0.2) is 17.5 Å². The molecule has 1 atom stereocenters. The number of sulfonamides is 1. The topological polar surface area (TPSA) is 78.5 Å². The summed E-state index contributed by atoms with van der Waals surface area (Å²) in [6.07, 6.45) is 2.86. The first kappa shape index (κ1) is 22.4. The number of likely N-dealkylation sites (tertiary alicyclic amines) is 1. The Hall–Kier alpha value is -2.29. The Morgan fingerprint density at radius 3 is 2.50 bits per heavy atom. The number of nitrogens with one attached hydrogen (secondary N) is 2. The van der Waals surface area contributed by atoms with E-state index in [1.807, 2.05) is 18.2 Å².